The van der Waals surface area contributed by atoms with E-state index in [1.54, 1.807) is 7.11 Å². The molecule has 2 rings (SSSR count). The van der Waals surface area contributed by atoms with Gasteiger partial charge in [-0.15, -0.1) is 0 Å². The predicted molar refractivity (Wildman–Crippen MR) is 82.4 cm³/mol. The summed E-state index contributed by atoms with van der Waals surface area (Å²) in [7, 11) is 1.68. The Balaban J connectivity index is 1.82. The average Bonchev–Trinajstić information content (AvgIpc) is 2.41. The molecule has 1 aromatic rings. The number of thiocarbonyl (C=S) groups is 1. The van der Waals surface area contributed by atoms with Gasteiger partial charge in [0.25, 0.3) is 0 Å². The van der Waals surface area contributed by atoms with Crippen molar-refractivity contribution in [1.29, 1.82) is 0 Å². The number of hydrogen-bond acceptors (Lipinski definition) is 3. The lowest BCUT2D eigenvalue weighted by atomic mass is 9.77. The van der Waals surface area contributed by atoms with Crippen molar-refractivity contribution in [3.05, 3.63) is 35.4 Å². The second-order valence-corrected chi connectivity index (χ2v) is 5.70. The quantitative estimate of drug-likeness (QED) is 0.786. The molecule has 1 saturated carbocycles. The topological polar surface area (TPSA) is 64.3 Å². The molecule has 1 aliphatic rings. The van der Waals surface area contributed by atoms with E-state index in [4.69, 9.17) is 22.7 Å². The van der Waals surface area contributed by atoms with Crippen LogP contribution in [0.15, 0.2) is 24.3 Å². The van der Waals surface area contributed by atoms with Crippen molar-refractivity contribution in [2.24, 2.45) is 5.73 Å². The third-order valence-corrected chi connectivity index (χ3v) is 4.14. The summed E-state index contributed by atoms with van der Waals surface area (Å²) in [5.74, 6) is 0.0324. The van der Waals surface area contributed by atoms with Crippen LogP contribution in [0.4, 0.5) is 0 Å². The highest BCUT2D eigenvalue weighted by Gasteiger charge is 2.38. The molecule has 1 aromatic carbocycles. The SMILES string of the molecule is COC1(CC(=O)NCc2ccc(C(N)=S)cc2)CCC1. The Kier molecular flexibility index (Phi) is 4.73. The monoisotopic (exact) mass is 292 g/mol. The second kappa shape index (κ2) is 6.33. The van der Waals surface area contributed by atoms with Crippen LogP contribution in [0.5, 0.6) is 0 Å². The van der Waals surface area contributed by atoms with Crippen molar-refractivity contribution in [2.75, 3.05) is 7.11 Å². The van der Waals surface area contributed by atoms with Gasteiger partial charge in [0.05, 0.1) is 12.0 Å². The second-order valence-electron chi connectivity index (χ2n) is 5.26. The van der Waals surface area contributed by atoms with Gasteiger partial charge in [0.1, 0.15) is 4.99 Å². The zero-order chi connectivity index (χ0) is 14.6. The first-order chi connectivity index (χ1) is 9.54. The normalized spacial score (nSPS) is 16.2. The predicted octanol–water partition coefficient (Wildman–Crippen LogP) is 1.90. The van der Waals surface area contributed by atoms with Crippen molar-refractivity contribution in [1.82, 2.24) is 5.32 Å². The standard InChI is InChI=1S/C15H20N2O2S/c1-19-15(7-2-8-15)9-13(18)17-10-11-3-5-12(6-4-11)14(16)20/h3-6H,2,7-10H2,1H3,(H2,16,20)(H,17,18). The van der Waals surface area contributed by atoms with Crippen molar-refractivity contribution >= 4 is 23.1 Å². The lowest BCUT2D eigenvalue weighted by Crippen LogP contribution is -2.43. The molecule has 0 spiro atoms. The fourth-order valence-electron chi connectivity index (χ4n) is 2.37. The Labute approximate surface area is 124 Å². The summed E-state index contributed by atoms with van der Waals surface area (Å²) < 4.78 is 5.45. The zero-order valence-electron chi connectivity index (χ0n) is 11.6. The maximum absolute atomic E-state index is 11.9. The molecule has 0 bridgehead atoms. The Morgan fingerprint density at radius 3 is 2.50 bits per heavy atom. The van der Waals surface area contributed by atoms with E-state index >= 15 is 0 Å². The van der Waals surface area contributed by atoms with Gasteiger partial charge in [0.2, 0.25) is 5.91 Å². The summed E-state index contributed by atoms with van der Waals surface area (Å²) in [6.07, 6.45) is 3.52. The third-order valence-electron chi connectivity index (χ3n) is 3.91. The van der Waals surface area contributed by atoms with Crippen LogP contribution < -0.4 is 11.1 Å². The molecule has 1 amide bonds. The number of carbonyl (C=O) groups is 1. The van der Waals surface area contributed by atoms with E-state index in [2.05, 4.69) is 5.32 Å². The molecule has 0 radical (unpaired) electrons. The highest BCUT2D eigenvalue weighted by atomic mass is 32.1. The van der Waals surface area contributed by atoms with Gasteiger partial charge in [-0.3, -0.25) is 4.79 Å². The van der Waals surface area contributed by atoms with Gasteiger partial charge in [-0.05, 0) is 24.8 Å². The number of benzene rings is 1. The minimum Gasteiger partial charge on any atom is -0.389 e. The number of amides is 1. The number of nitrogens with two attached hydrogens (primary N) is 1. The number of ether oxygens (including phenoxy) is 1. The van der Waals surface area contributed by atoms with Crippen LogP contribution in [0.25, 0.3) is 0 Å². The molecule has 108 valence electrons. The van der Waals surface area contributed by atoms with Crippen molar-refractivity contribution in [3.8, 4) is 0 Å². The summed E-state index contributed by atoms with van der Waals surface area (Å²) in [5.41, 5.74) is 7.18. The molecule has 0 aromatic heterocycles. The van der Waals surface area contributed by atoms with Crippen LogP contribution in [0.3, 0.4) is 0 Å². The molecule has 1 aliphatic carbocycles. The van der Waals surface area contributed by atoms with E-state index in [1.807, 2.05) is 24.3 Å². The molecule has 20 heavy (non-hydrogen) atoms. The minimum absolute atomic E-state index is 0.0324. The summed E-state index contributed by atoms with van der Waals surface area (Å²) in [6, 6.07) is 7.58. The summed E-state index contributed by atoms with van der Waals surface area (Å²) >= 11 is 4.90. The summed E-state index contributed by atoms with van der Waals surface area (Å²) in [5, 5.41) is 2.92. The van der Waals surface area contributed by atoms with Gasteiger partial charge in [0.15, 0.2) is 0 Å². The molecular formula is C15H20N2O2S. The highest BCUT2D eigenvalue weighted by Crippen LogP contribution is 2.37. The summed E-state index contributed by atoms with van der Waals surface area (Å²) in [6.45, 7) is 0.510. The zero-order valence-corrected chi connectivity index (χ0v) is 12.5. The first-order valence-electron chi connectivity index (χ1n) is 6.75. The van der Waals surface area contributed by atoms with E-state index in [0.29, 0.717) is 18.0 Å². The van der Waals surface area contributed by atoms with Gasteiger partial charge in [-0.25, -0.2) is 0 Å². The minimum atomic E-state index is -0.223. The van der Waals surface area contributed by atoms with Crippen LogP contribution in [-0.2, 0) is 16.1 Å². The smallest absolute Gasteiger partial charge is 0.223 e. The fraction of sp³-hybridized carbons (Fsp3) is 0.467. The molecule has 5 heteroatoms. The van der Waals surface area contributed by atoms with Gasteiger partial charge < -0.3 is 15.8 Å². The molecular weight excluding hydrogens is 272 g/mol. The number of rotatable bonds is 6. The van der Waals surface area contributed by atoms with Crippen molar-refractivity contribution < 1.29 is 9.53 Å². The molecule has 0 saturated heterocycles. The van der Waals surface area contributed by atoms with E-state index in [1.165, 1.54) is 0 Å². The first kappa shape index (κ1) is 14.9. The highest BCUT2D eigenvalue weighted by molar-refractivity contribution is 7.80. The Morgan fingerprint density at radius 1 is 1.40 bits per heavy atom. The lowest BCUT2D eigenvalue weighted by Gasteiger charge is -2.39. The number of carbonyl (C=O) groups excluding carboxylic acids is 1. The molecule has 3 N–H and O–H groups in total. The van der Waals surface area contributed by atoms with Crippen LogP contribution in [0, 0.1) is 0 Å². The van der Waals surface area contributed by atoms with Crippen LogP contribution >= 0.6 is 12.2 Å². The Morgan fingerprint density at radius 2 is 2.05 bits per heavy atom. The molecule has 0 atom stereocenters. The Hall–Kier alpha value is -1.46. The van der Waals surface area contributed by atoms with Crippen molar-refractivity contribution in [3.63, 3.8) is 0 Å². The van der Waals surface area contributed by atoms with E-state index in [9.17, 15) is 4.79 Å². The molecule has 1 fully saturated rings. The lowest BCUT2D eigenvalue weighted by molar-refractivity contribution is -0.134. The van der Waals surface area contributed by atoms with E-state index in [0.717, 1.165) is 30.4 Å². The van der Waals surface area contributed by atoms with Crippen LogP contribution in [-0.4, -0.2) is 23.6 Å². The maximum atomic E-state index is 11.9. The summed E-state index contributed by atoms with van der Waals surface area (Å²) in [4.78, 5) is 12.3. The number of hydrogen-bond donors (Lipinski definition) is 2. The van der Waals surface area contributed by atoms with E-state index < -0.39 is 0 Å². The molecule has 0 aliphatic heterocycles. The van der Waals surface area contributed by atoms with Gasteiger partial charge >= 0.3 is 0 Å². The number of nitrogens with one attached hydrogen (secondary N) is 1. The maximum Gasteiger partial charge on any atom is 0.223 e. The molecule has 0 heterocycles. The Bertz CT molecular complexity index is 490. The van der Waals surface area contributed by atoms with Gasteiger partial charge in [-0.2, -0.15) is 0 Å². The largest absolute Gasteiger partial charge is 0.389 e. The first-order valence-corrected chi connectivity index (χ1v) is 7.16. The third kappa shape index (κ3) is 3.55. The van der Waals surface area contributed by atoms with Crippen molar-refractivity contribution in [2.45, 2.75) is 37.8 Å². The molecule has 0 unspecified atom stereocenters. The number of methoxy groups -OCH3 is 1. The molecule has 4 nitrogen and oxygen atoms in total. The van der Waals surface area contributed by atoms with Gasteiger partial charge in [0, 0.05) is 19.2 Å². The fourth-order valence-corrected chi connectivity index (χ4v) is 2.50. The van der Waals surface area contributed by atoms with E-state index in [-0.39, 0.29) is 11.5 Å². The average molecular weight is 292 g/mol. The van der Waals surface area contributed by atoms with Gasteiger partial charge in [-0.1, -0.05) is 36.5 Å². The van der Waals surface area contributed by atoms with Crippen LogP contribution in [0.1, 0.15) is 36.8 Å². The van der Waals surface area contributed by atoms with Crippen LogP contribution in [0.2, 0.25) is 0 Å².